The van der Waals surface area contributed by atoms with Crippen LogP contribution < -0.4 is 0 Å². The van der Waals surface area contributed by atoms with Crippen LogP contribution in [0.4, 0.5) is 13.2 Å². The number of hydrogen-bond acceptors (Lipinski definition) is 1. The molecular formula is C4H5F3O. The van der Waals surface area contributed by atoms with E-state index < -0.39 is 6.36 Å². The third-order valence-electron chi connectivity index (χ3n) is 0.290. The molecule has 8 heavy (non-hydrogen) atoms. The third-order valence-corrected chi connectivity index (χ3v) is 0.290. The molecule has 0 spiro atoms. The van der Waals surface area contributed by atoms with E-state index in [1.165, 1.54) is 0 Å². The highest BCUT2D eigenvalue weighted by atomic mass is 19.4. The number of halogens is 3. The Balaban J connectivity index is 3.55. The van der Waals surface area contributed by atoms with E-state index >= 15 is 0 Å². The molecule has 0 amide bonds. The van der Waals surface area contributed by atoms with Crippen LogP contribution in [-0.4, -0.2) is 6.36 Å². The molecule has 0 aromatic heterocycles. The van der Waals surface area contributed by atoms with Crippen molar-refractivity contribution >= 4 is 0 Å². The van der Waals surface area contributed by atoms with Crippen molar-refractivity contribution in [3.63, 3.8) is 0 Å². The van der Waals surface area contributed by atoms with Gasteiger partial charge in [0, 0.05) is 0 Å². The summed E-state index contributed by atoms with van der Waals surface area (Å²) in [5, 5.41) is 0. The normalized spacial score (nSPS) is 11.0. The minimum absolute atomic E-state index is 0.350. The van der Waals surface area contributed by atoms with Crippen LogP contribution in [0.1, 0.15) is 6.92 Å². The van der Waals surface area contributed by atoms with Gasteiger partial charge in [0.15, 0.2) is 0 Å². The van der Waals surface area contributed by atoms with Crippen LogP contribution in [0.3, 0.4) is 0 Å². The smallest absolute Gasteiger partial charge is 0.411 e. The molecule has 0 saturated heterocycles. The number of ether oxygens (including phenoxy) is 1. The molecule has 0 aromatic rings. The largest absolute Gasteiger partial charge is 0.572 e. The zero-order valence-corrected chi connectivity index (χ0v) is 4.25. The topological polar surface area (TPSA) is 9.23 Å². The van der Waals surface area contributed by atoms with Gasteiger partial charge in [0.2, 0.25) is 0 Å². The molecule has 0 aliphatic rings. The maximum Gasteiger partial charge on any atom is 0.572 e. The van der Waals surface area contributed by atoms with Crippen molar-refractivity contribution in [2.45, 2.75) is 13.3 Å². The van der Waals surface area contributed by atoms with Crippen LogP contribution in [0.15, 0.2) is 12.3 Å². The van der Waals surface area contributed by atoms with E-state index in [1.807, 2.05) is 0 Å². The average Bonchev–Trinajstić information content (AvgIpc) is 1.21. The first-order chi connectivity index (χ1) is 3.42. The predicted molar refractivity (Wildman–Crippen MR) is 22.0 cm³/mol. The van der Waals surface area contributed by atoms with Crippen molar-refractivity contribution in [3.05, 3.63) is 12.3 Å². The zero-order valence-electron chi connectivity index (χ0n) is 4.25. The molecule has 0 atom stereocenters. The van der Waals surface area contributed by atoms with Crippen molar-refractivity contribution in [2.75, 3.05) is 0 Å². The van der Waals surface area contributed by atoms with E-state index in [4.69, 9.17) is 0 Å². The second-order valence-corrected chi connectivity index (χ2v) is 1.25. The fourth-order valence-corrected chi connectivity index (χ4v) is 0.198. The van der Waals surface area contributed by atoms with Crippen molar-refractivity contribution in [2.24, 2.45) is 0 Å². The average molecular weight is 126 g/mol. The summed E-state index contributed by atoms with van der Waals surface area (Å²) >= 11 is 0. The van der Waals surface area contributed by atoms with E-state index in [-0.39, 0.29) is 5.76 Å². The first-order valence-corrected chi connectivity index (χ1v) is 1.83. The highest BCUT2D eigenvalue weighted by molar-refractivity contribution is 4.73. The highest BCUT2D eigenvalue weighted by Gasteiger charge is 2.30. The number of rotatable bonds is 1. The van der Waals surface area contributed by atoms with E-state index in [9.17, 15) is 13.2 Å². The molecule has 0 rings (SSSR count). The van der Waals surface area contributed by atoms with Crippen LogP contribution in [0, 0.1) is 0 Å². The first kappa shape index (κ1) is 7.33. The number of hydrogen-bond donors (Lipinski definition) is 0. The van der Waals surface area contributed by atoms with Gasteiger partial charge in [-0.15, -0.1) is 13.2 Å². The Morgan fingerprint density at radius 1 is 1.50 bits per heavy atom. The molecule has 0 radical (unpaired) electrons. The van der Waals surface area contributed by atoms with Gasteiger partial charge < -0.3 is 4.74 Å². The second kappa shape index (κ2) is 2.07. The second-order valence-electron chi connectivity index (χ2n) is 1.25. The Morgan fingerprint density at radius 3 is 1.88 bits per heavy atom. The molecule has 0 heterocycles. The standard InChI is InChI=1S/C4H5F3O/c1-3(2)8-4(5,6)7/h1H2,2H3. The van der Waals surface area contributed by atoms with E-state index in [0.29, 0.717) is 0 Å². The highest BCUT2D eigenvalue weighted by Crippen LogP contribution is 2.18. The molecule has 0 aliphatic heterocycles. The molecule has 4 heteroatoms. The van der Waals surface area contributed by atoms with Crippen molar-refractivity contribution in [3.8, 4) is 0 Å². The van der Waals surface area contributed by atoms with E-state index in [2.05, 4.69) is 11.3 Å². The third kappa shape index (κ3) is 5.33. The van der Waals surface area contributed by atoms with Gasteiger partial charge in [-0.05, 0) is 6.92 Å². The Labute approximate surface area is 44.8 Å². The lowest BCUT2D eigenvalue weighted by atomic mass is 10.7. The van der Waals surface area contributed by atoms with Crippen LogP contribution in [0.25, 0.3) is 0 Å². The van der Waals surface area contributed by atoms with Gasteiger partial charge in [-0.25, -0.2) is 0 Å². The van der Waals surface area contributed by atoms with Gasteiger partial charge in [-0.2, -0.15) is 0 Å². The molecule has 0 aromatic carbocycles. The molecule has 0 aliphatic carbocycles. The predicted octanol–water partition coefficient (Wildman–Crippen LogP) is 2.06. The lowest BCUT2D eigenvalue weighted by molar-refractivity contribution is -0.304. The maximum atomic E-state index is 11.0. The SMILES string of the molecule is C=C(C)OC(F)(F)F. The Morgan fingerprint density at radius 2 is 1.88 bits per heavy atom. The Hall–Kier alpha value is -0.670. The van der Waals surface area contributed by atoms with Gasteiger partial charge >= 0.3 is 6.36 Å². The fraction of sp³-hybridized carbons (Fsp3) is 0.500. The van der Waals surface area contributed by atoms with Gasteiger partial charge in [-0.1, -0.05) is 6.58 Å². The van der Waals surface area contributed by atoms with Crippen LogP contribution in [0.2, 0.25) is 0 Å². The molecule has 0 saturated carbocycles. The van der Waals surface area contributed by atoms with E-state index in [1.54, 1.807) is 0 Å². The molecule has 0 bridgehead atoms. The Kier molecular flexibility index (Phi) is 1.89. The molecule has 48 valence electrons. The first-order valence-electron chi connectivity index (χ1n) is 1.83. The van der Waals surface area contributed by atoms with Crippen molar-refractivity contribution < 1.29 is 17.9 Å². The minimum Gasteiger partial charge on any atom is -0.411 e. The summed E-state index contributed by atoms with van der Waals surface area (Å²) in [6.07, 6.45) is -4.58. The molecular weight excluding hydrogens is 121 g/mol. The minimum atomic E-state index is -4.58. The summed E-state index contributed by atoms with van der Waals surface area (Å²) in [5.74, 6) is -0.350. The molecule has 0 unspecified atom stereocenters. The molecule has 0 fully saturated rings. The lowest BCUT2D eigenvalue weighted by Gasteiger charge is -2.05. The Bertz CT molecular complexity index is 93.9. The van der Waals surface area contributed by atoms with E-state index in [0.717, 1.165) is 6.92 Å². The summed E-state index contributed by atoms with van der Waals surface area (Å²) in [6, 6.07) is 0. The summed E-state index contributed by atoms with van der Waals surface area (Å²) < 4.78 is 36.3. The van der Waals surface area contributed by atoms with Gasteiger partial charge in [-0.3, -0.25) is 0 Å². The van der Waals surface area contributed by atoms with Crippen LogP contribution in [-0.2, 0) is 4.74 Å². The summed E-state index contributed by atoms with van der Waals surface area (Å²) in [7, 11) is 0. The number of allylic oxidation sites excluding steroid dienone is 1. The van der Waals surface area contributed by atoms with Gasteiger partial charge in [0.05, 0.1) is 5.76 Å². The number of alkyl halides is 3. The molecule has 1 nitrogen and oxygen atoms in total. The van der Waals surface area contributed by atoms with Gasteiger partial charge in [0.1, 0.15) is 0 Å². The van der Waals surface area contributed by atoms with Crippen molar-refractivity contribution in [1.82, 2.24) is 0 Å². The monoisotopic (exact) mass is 126 g/mol. The lowest BCUT2D eigenvalue weighted by Crippen LogP contribution is -2.10. The van der Waals surface area contributed by atoms with Crippen LogP contribution in [0.5, 0.6) is 0 Å². The quantitative estimate of drug-likeness (QED) is 0.488. The molecule has 0 N–H and O–H groups in total. The zero-order chi connectivity index (χ0) is 6.78. The van der Waals surface area contributed by atoms with Crippen LogP contribution >= 0.6 is 0 Å². The fourth-order valence-electron chi connectivity index (χ4n) is 0.198. The summed E-state index contributed by atoms with van der Waals surface area (Å²) in [6.45, 7) is 4.03. The summed E-state index contributed by atoms with van der Waals surface area (Å²) in [4.78, 5) is 0. The van der Waals surface area contributed by atoms with Crippen molar-refractivity contribution in [1.29, 1.82) is 0 Å². The summed E-state index contributed by atoms with van der Waals surface area (Å²) in [5.41, 5.74) is 0. The van der Waals surface area contributed by atoms with Gasteiger partial charge in [0.25, 0.3) is 0 Å². The maximum absolute atomic E-state index is 11.0.